The van der Waals surface area contributed by atoms with Crippen LogP contribution in [-0.2, 0) is 17.6 Å². The number of anilines is 1. The summed E-state index contributed by atoms with van der Waals surface area (Å²) < 4.78 is 11.7. The van der Waals surface area contributed by atoms with Crippen LogP contribution in [0.15, 0.2) is 54.0 Å². The summed E-state index contributed by atoms with van der Waals surface area (Å²) in [6.07, 6.45) is 5.39. The maximum absolute atomic E-state index is 12.6. The SMILES string of the molecule is C=CCc1cc(/C=C2\S[C@@H](Nc3ccc(CC)cc3)NC2=O)cc(OCC)c1OCC. The van der Waals surface area contributed by atoms with Crippen molar-refractivity contribution < 1.29 is 14.3 Å². The molecule has 1 aliphatic rings. The highest BCUT2D eigenvalue weighted by Gasteiger charge is 2.27. The first kappa shape index (κ1) is 22.8. The van der Waals surface area contributed by atoms with Gasteiger partial charge in [0.15, 0.2) is 17.0 Å². The molecule has 1 atom stereocenters. The number of allylic oxidation sites excluding steroid dienone is 1. The number of thioether (sulfide) groups is 1. The van der Waals surface area contributed by atoms with Crippen LogP contribution in [0.5, 0.6) is 11.5 Å². The molecule has 0 unspecified atom stereocenters. The molecular formula is C25H30N2O3S. The third-order valence-corrected chi connectivity index (χ3v) is 5.82. The standard InChI is InChI=1S/C25H30N2O3S/c1-5-9-19-14-18(15-21(29-7-3)23(19)30-8-4)16-22-24(28)27-25(31-22)26-20-12-10-17(6-2)11-13-20/h5,10-16,25-26H,1,6-9H2,2-4H3,(H,27,28)/b22-16-/t25-/m0/s1. The molecule has 0 bridgehead atoms. The summed E-state index contributed by atoms with van der Waals surface area (Å²) in [7, 11) is 0. The predicted octanol–water partition coefficient (Wildman–Crippen LogP) is 5.37. The molecule has 0 spiro atoms. The molecule has 3 rings (SSSR count). The number of benzene rings is 2. The third kappa shape index (κ3) is 5.85. The van der Waals surface area contributed by atoms with Crippen LogP contribution in [0.25, 0.3) is 6.08 Å². The minimum atomic E-state index is -0.215. The lowest BCUT2D eigenvalue weighted by molar-refractivity contribution is -0.116. The second-order valence-electron chi connectivity index (χ2n) is 7.04. The average molecular weight is 439 g/mol. The Kier molecular flexibility index (Phi) is 8.06. The number of carbonyl (C=O) groups is 1. The number of carbonyl (C=O) groups excluding carboxylic acids is 1. The van der Waals surface area contributed by atoms with Crippen LogP contribution in [0, 0.1) is 0 Å². The molecule has 2 N–H and O–H groups in total. The van der Waals surface area contributed by atoms with Gasteiger partial charge in [0.2, 0.25) is 0 Å². The minimum Gasteiger partial charge on any atom is -0.490 e. The van der Waals surface area contributed by atoms with Gasteiger partial charge in [-0.15, -0.1) is 6.58 Å². The lowest BCUT2D eigenvalue weighted by Gasteiger charge is -2.16. The Balaban J connectivity index is 1.82. The van der Waals surface area contributed by atoms with Crippen LogP contribution in [-0.4, -0.2) is 24.6 Å². The lowest BCUT2D eigenvalue weighted by Crippen LogP contribution is -2.30. The van der Waals surface area contributed by atoms with Gasteiger partial charge in [0.05, 0.1) is 18.1 Å². The highest BCUT2D eigenvalue weighted by molar-refractivity contribution is 8.05. The summed E-state index contributed by atoms with van der Waals surface area (Å²) in [6, 6.07) is 12.2. The zero-order valence-electron chi connectivity index (χ0n) is 18.4. The van der Waals surface area contributed by atoms with Gasteiger partial charge in [0.25, 0.3) is 5.91 Å². The zero-order valence-corrected chi connectivity index (χ0v) is 19.2. The molecule has 1 aliphatic heterocycles. The van der Waals surface area contributed by atoms with Crippen molar-refractivity contribution in [1.29, 1.82) is 0 Å². The summed E-state index contributed by atoms with van der Waals surface area (Å²) in [4.78, 5) is 13.2. The highest BCUT2D eigenvalue weighted by atomic mass is 32.2. The van der Waals surface area contributed by atoms with E-state index in [4.69, 9.17) is 9.47 Å². The summed E-state index contributed by atoms with van der Waals surface area (Å²) in [6.45, 7) is 11.0. The molecule has 2 aromatic rings. The Morgan fingerprint density at radius 3 is 2.52 bits per heavy atom. The summed E-state index contributed by atoms with van der Waals surface area (Å²) >= 11 is 1.47. The Bertz CT molecular complexity index is 954. The first-order chi connectivity index (χ1) is 15.1. The first-order valence-electron chi connectivity index (χ1n) is 10.7. The Labute approximate surface area is 188 Å². The molecule has 1 amide bonds. The van der Waals surface area contributed by atoms with Crippen molar-refractivity contribution in [3.8, 4) is 11.5 Å². The summed E-state index contributed by atoms with van der Waals surface area (Å²) in [5.41, 5.74) is 3.93. The fourth-order valence-electron chi connectivity index (χ4n) is 3.35. The predicted molar refractivity (Wildman–Crippen MR) is 130 cm³/mol. The van der Waals surface area contributed by atoms with Gasteiger partial charge in [-0.2, -0.15) is 0 Å². The Morgan fingerprint density at radius 2 is 1.87 bits per heavy atom. The molecule has 0 aliphatic carbocycles. The van der Waals surface area contributed by atoms with Gasteiger partial charge in [-0.3, -0.25) is 4.79 Å². The largest absolute Gasteiger partial charge is 0.490 e. The van der Waals surface area contributed by atoms with Gasteiger partial charge in [0.1, 0.15) is 0 Å². The van der Waals surface area contributed by atoms with Crippen LogP contribution in [0.1, 0.15) is 37.5 Å². The van der Waals surface area contributed by atoms with E-state index in [1.807, 2.05) is 50.3 Å². The van der Waals surface area contributed by atoms with Crippen molar-refractivity contribution >= 4 is 29.4 Å². The van der Waals surface area contributed by atoms with Crippen LogP contribution < -0.4 is 20.1 Å². The number of hydrogen-bond acceptors (Lipinski definition) is 5. The normalized spacial score (nSPS) is 16.8. The van der Waals surface area contributed by atoms with E-state index < -0.39 is 0 Å². The van der Waals surface area contributed by atoms with Crippen molar-refractivity contribution in [3.63, 3.8) is 0 Å². The molecule has 6 heteroatoms. The van der Waals surface area contributed by atoms with E-state index in [-0.39, 0.29) is 11.4 Å². The minimum absolute atomic E-state index is 0.0928. The van der Waals surface area contributed by atoms with Gasteiger partial charge >= 0.3 is 0 Å². The van der Waals surface area contributed by atoms with E-state index in [2.05, 4.69) is 36.3 Å². The van der Waals surface area contributed by atoms with Crippen molar-refractivity contribution in [2.75, 3.05) is 18.5 Å². The second-order valence-corrected chi connectivity index (χ2v) is 8.19. The summed E-state index contributed by atoms with van der Waals surface area (Å²) in [5, 5.41) is 6.34. The van der Waals surface area contributed by atoms with Gasteiger partial charge in [-0.1, -0.05) is 36.9 Å². The maximum Gasteiger partial charge on any atom is 0.260 e. The van der Waals surface area contributed by atoms with Gasteiger partial charge in [-0.25, -0.2) is 0 Å². The fraction of sp³-hybridized carbons (Fsp3) is 0.320. The fourth-order valence-corrected chi connectivity index (χ4v) is 4.33. The van der Waals surface area contributed by atoms with Crippen LogP contribution >= 0.6 is 11.8 Å². The topological polar surface area (TPSA) is 59.6 Å². The monoisotopic (exact) mass is 438 g/mol. The van der Waals surface area contributed by atoms with E-state index >= 15 is 0 Å². The van der Waals surface area contributed by atoms with Gasteiger partial charge in [-0.05, 0) is 68.2 Å². The van der Waals surface area contributed by atoms with Crippen molar-refractivity contribution in [1.82, 2.24) is 5.32 Å². The van der Waals surface area contributed by atoms with Crippen molar-refractivity contribution in [2.45, 2.75) is 39.1 Å². The smallest absolute Gasteiger partial charge is 0.260 e. The van der Waals surface area contributed by atoms with Crippen molar-refractivity contribution in [3.05, 3.63) is 70.6 Å². The number of hydrogen-bond donors (Lipinski definition) is 2. The summed E-state index contributed by atoms with van der Waals surface area (Å²) in [5.74, 6) is 1.33. The molecule has 1 heterocycles. The molecular weight excluding hydrogens is 408 g/mol. The number of nitrogens with one attached hydrogen (secondary N) is 2. The van der Waals surface area contributed by atoms with Gasteiger partial charge < -0.3 is 20.1 Å². The molecule has 0 aromatic heterocycles. The first-order valence-corrected chi connectivity index (χ1v) is 11.5. The number of aryl methyl sites for hydroxylation is 1. The molecule has 0 radical (unpaired) electrons. The quantitative estimate of drug-likeness (QED) is 0.386. The number of ether oxygens (including phenoxy) is 2. The highest BCUT2D eigenvalue weighted by Crippen LogP contribution is 2.36. The van der Waals surface area contributed by atoms with Gasteiger partial charge in [0, 0.05) is 11.3 Å². The Hall–Kier alpha value is -2.86. The maximum atomic E-state index is 12.6. The molecule has 1 saturated heterocycles. The van der Waals surface area contributed by atoms with E-state index in [1.54, 1.807) is 0 Å². The second kappa shape index (κ2) is 11.0. The molecule has 31 heavy (non-hydrogen) atoms. The Morgan fingerprint density at radius 1 is 1.13 bits per heavy atom. The van der Waals surface area contributed by atoms with Crippen molar-refractivity contribution in [2.24, 2.45) is 0 Å². The molecule has 2 aromatic carbocycles. The number of amides is 1. The molecule has 164 valence electrons. The lowest BCUT2D eigenvalue weighted by atomic mass is 10.0. The van der Waals surface area contributed by atoms with E-state index in [0.717, 1.165) is 29.0 Å². The average Bonchev–Trinajstić information content (AvgIpc) is 3.10. The zero-order chi connectivity index (χ0) is 22.2. The molecule has 5 nitrogen and oxygen atoms in total. The molecule has 1 fully saturated rings. The molecule has 0 saturated carbocycles. The third-order valence-electron chi connectivity index (χ3n) is 4.80. The number of rotatable bonds is 10. The van der Waals surface area contributed by atoms with E-state index in [0.29, 0.717) is 30.3 Å². The van der Waals surface area contributed by atoms with Crippen LogP contribution in [0.4, 0.5) is 5.69 Å². The van der Waals surface area contributed by atoms with E-state index in [9.17, 15) is 4.79 Å². The van der Waals surface area contributed by atoms with Crippen LogP contribution in [0.2, 0.25) is 0 Å². The van der Waals surface area contributed by atoms with E-state index in [1.165, 1.54) is 17.3 Å². The van der Waals surface area contributed by atoms with Crippen LogP contribution in [0.3, 0.4) is 0 Å².